The largest absolute Gasteiger partial charge is 0.481 e. The van der Waals surface area contributed by atoms with Gasteiger partial charge in [-0.05, 0) is 153 Å². The van der Waals surface area contributed by atoms with Crippen molar-refractivity contribution < 1.29 is 29.0 Å². The molecule has 9 rings (SSSR count). The molecule has 9 fully saturated rings. The molecule has 9 heteroatoms. The van der Waals surface area contributed by atoms with Gasteiger partial charge in [-0.25, -0.2) is 0 Å². The zero-order valence-corrected chi connectivity index (χ0v) is 39.3. The van der Waals surface area contributed by atoms with Gasteiger partial charge in [-0.15, -0.1) is 0 Å². The molecule has 0 bridgehead atoms. The van der Waals surface area contributed by atoms with E-state index in [1.54, 1.807) is 7.11 Å². The number of carbonyl (C=O) groups excluding carboxylic acids is 2. The van der Waals surface area contributed by atoms with Crippen molar-refractivity contribution in [3.8, 4) is 0 Å². The van der Waals surface area contributed by atoms with E-state index in [1.807, 2.05) is 13.8 Å². The molecule has 0 aromatic rings. The Bertz CT molecular complexity index is 1690. The molecule has 9 nitrogen and oxygen atoms in total. The summed E-state index contributed by atoms with van der Waals surface area (Å²) in [6, 6.07) is 0.352. The van der Waals surface area contributed by atoms with E-state index >= 15 is 4.79 Å². The predicted octanol–water partition coefficient (Wildman–Crippen LogP) is 8.78. The first-order valence-electron chi connectivity index (χ1n) is 24.9. The number of carbonyl (C=O) groups is 3. The molecule has 0 unspecified atom stereocenters. The summed E-state index contributed by atoms with van der Waals surface area (Å²) in [6.07, 6.45) is 16.7. The molecule has 9 aliphatic rings. The maximum atomic E-state index is 15.6. The van der Waals surface area contributed by atoms with Crippen LogP contribution in [0, 0.1) is 79.3 Å². The lowest BCUT2D eigenvalue weighted by atomic mass is 9.32. The van der Waals surface area contributed by atoms with E-state index < -0.39 is 17.3 Å². The highest BCUT2D eigenvalue weighted by atomic mass is 16.5. The van der Waals surface area contributed by atoms with Crippen molar-refractivity contribution >= 4 is 17.8 Å². The van der Waals surface area contributed by atoms with Gasteiger partial charge in [-0.2, -0.15) is 0 Å². The number of methoxy groups -OCH3 is 1. The van der Waals surface area contributed by atoms with Crippen LogP contribution in [0.1, 0.15) is 152 Å². The van der Waals surface area contributed by atoms with Crippen LogP contribution in [-0.4, -0.2) is 109 Å². The van der Waals surface area contributed by atoms with Crippen molar-refractivity contribution in [2.24, 2.45) is 79.3 Å². The number of ether oxygens (including phenoxy) is 2. The monoisotopic (exact) mass is 834 g/mol. The normalized spacial score (nSPS) is 46.6. The second-order valence-electron chi connectivity index (χ2n) is 24.9. The zero-order chi connectivity index (χ0) is 42.8. The van der Waals surface area contributed by atoms with Gasteiger partial charge in [0.25, 0.3) is 0 Å². The fourth-order valence-electron chi connectivity index (χ4n) is 17.8. The Morgan fingerprint density at radius 1 is 0.667 bits per heavy atom. The number of amides is 1. The van der Waals surface area contributed by atoms with Crippen LogP contribution in [-0.2, 0) is 23.9 Å². The number of rotatable bonds is 10. The van der Waals surface area contributed by atoms with Crippen LogP contribution < -0.4 is 0 Å². The van der Waals surface area contributed by atoms with Crippen molar-refractivity contribution in [3.05, 3.63) is 0 Å². The van der Waals surface area contributed by atoms with Crippen LogP contribution >= 0.6 is 0 Å². The average molecular weight is 834 g/mol. The molecule has 0 radical (unpaired) electrons. The fraction of sp³-hybridized carbons (Fsp3) is 0.941. The maximum Gasteiger partial charge on any atom is 0.309 e. The van der Waals surface area contributed by atoms with Gasteiger partial charge < -0.3 is 19.5 Å². The number of hydrogen-bond acceptors (Lipinski definition) is 7. The Morgan fingerprint density at radius 3 is 2.05 bits per heavy atom. The van der Waals surface area contributed by atoms with E-state index in [-0.39, 0.29) is 45.1 Å². The van der Waals surface area contributed by atoms with E-state index in [0.29, 0.717) is 53.4 Å². The molecule has 7 saturated carbocycles. The molecule has 0 aromatic heterocycles. The number of likely N-dealkylation sites (tertiary alicyclic amines) is 1. The summed E-state index contributed by atoms with van der Waals surface area (Å²) < 4.78 is 11.9. The third-order valence-corrected chi connectivity index (χ3v) is 22.0. The molecule has 0 spiro atoms. The molecule has 2 heterocycles. The maximum absolute atomic E-state index is 15.6. The summed E-state index contributed by atoms with van der Waals surface area (Å²) in [4.78, 5) is 48.9. The minimum Gasteiger partial charge on any atom is -0.481 e. The number of piperazine rings is 1. The molecule has 7 aliphatic carbocycles. The Hall–Kier alpha value is -1.71. The van der Waals surface area contributed by atoms with Crippen LogP contribution in [0.2, 0.25) is 0 Å². The first kappa shape index (κ1) is 43.5. The van der Waals surface area contributed by atoms with Crippen LogP contribution in [0.5, 0.6) is 0 Å². The number of aliphatic carboxylic acids is 1. The highest BCUT2D eigenvalue weighted by molar-refractivity contribution is 5.84. The summed E-state index contributed by atoms with van der Waals surface area (Å²) in [7, 11) is 1.79. The smallest absolute Gasteiger partial charge is 0.309 e. The molecule has 0 aromatic carbocycles. The predicted molar refractivity (Wildman–Crippen MR) is 234 cm³/mol. The summed E-state index contributed by atoms with van der Waals surface area (Å²) in [5.74, 6) is 1.56. The lowest BCUT2D eigenvalue weighted by Gasteiger charge is -2.73. The number of carboxylic acid groups (broad SMARTS) is 1. The summed E-state index contributed by atoms with van der Waals surface area (Å²) in [6.45, 7) is 27.4. The van der Waals surface area contributed by atoms with E-state index in [1.165, 1.54) is 44.9 Å². The third kappa shape index (κ3) is 6.38. The van der Waals surface area contributed by atoms with Gasteiger partial charge in [0.1, 0.15) is 6.10 Å². The number of nitrogens with zero attached hydrogens (tertiary/aromatic N) is 3. The number of carboxylic acids is 1. The van der Waals surface area contributed by atoms with Gasteiger partial charge in [-0.1, -0.05) is 55.4 Å². The van der Waals surface area contributed by atoms with E-state index in [0.717, 1.165) is 97.4 Å². The summed E-state index contributed by atoms with van der Waals surface area (Å²) >= 11 is 0. The first-order valence-corrected chi connectivity index (χ1v) is 24.9. The fourth-order valence-corrected chi connectivity index (χ4v) is 17.8. The van der Waals surface area contributed by atoms with Crippen molar-refractivity contribution in [2.45, 2.75) is 164 Å². The summed E-state index contributed by atoms with van der Waals surface area (Å²) in [5.41, 5.74) is 0.0390. The first-order chi connectivity index (χ1) is 28.3. The Morgan fingerprint density at radius 2 is 1.38 bits per heavy atom. The molecule has 1 N–H and O–H groups in total. The second kappa shape index (κ2) is 14.9. The minimum absolute atomic E-state index is 0.140. The van der Waals surface area contributed by atoms with E-state index in [2.05, 4.69) is 56.2 Å². The molecule has 13 atom stereocenters. The Balaban J connectivity index is 0.935. The van der Waals surface area contributed by atoms with Crippen molar-refractivity contribution in [1.29, 1.82) is 0 Å². The zero-order valence-electron chi connectivity index (χ0n) is 39.3. The van der Waals surface area contributed by atoms with Gasteiger partial charge in [-0.3, -0.25) is 24.2 Å². The van der Waals surface area contributed by atoms with Gasteiger partial charge in [0.2, 0.25) is 5.91 Å². The number of fused-ring (bicyclic) bond motifs is 7. The van der Waals surface area contributed by atoms with Crippen LogP contribution in [0.15, 0.2) is 0 Å². The SMILES string of the molecule is COCCN1CCN(C[C@@H]2CCCN2C(=O)[C@]23CC[C@@H](C4(C)CC4)[C@@H]2[C@H]2CC[C@@H]4[C@@]5(C)CC[C@H](OC(=O)[C@H]6C[C@@H](C(=O)O)C6(C)C)C(C)(C)[C@@H]5CC[C@@]4(C)[C@]2(C)CC3)CC1. The summed E-state index contributed by atoms with van der Waals surface area (Å²) in [5, 5.41) is 9.72. The average Bonchev–Trinajstić information content (AvgIpc) is 3.56. The number of hydrogen-bond donors (Lipinski definition) is 1. The van der Waals surface area contributed by atoms with E-state index in [9.17, 15) is 14.7 Å². The second-order valence-corrected chi connectivity index (χ2v) is 24.9. The molecular weight excluding hydrogens is 751 g/mol. The van der Waals surface area contributed by atoms with Crippen LogP contribution in [0.4, 0.5) is 0 Å². The van der Waals surface area contributed by atoms with Crippen molar-refractivity contribution in [1.82, 2.24) is 14.7 Å². The van der Waals surface area contributed by atoms with Crippen molar-refractivity contribution in [2.75, 3.05) is 59.5 Å². The Labute approximate surface area is 363 Å². The molecule has 2 saturated heterocycles. The standard InChI is InChI=1S/C51H83N3O6/c1-45(2)36(42(55)56)31-37(45)43(57)60-40-16-17-48(6)38(46(40,3)4)15-18-50(8)39(48)13-12-35-41-34(47(5)20-21-47)14-19-51(41,23-22-49(35,50)7)44(58)54-24-10-11-33(54)32-53-27-25-52(26-28-53)29-30-59-9/h33-41H,10-32H2,1-9H3,(H,55,56)/t33-,34+,35+,36-,37+,38-,39+,40-,41+,48-,49+,50+,51-/m0/s1. The quantitative estimate of drug-likeness (QED) is 0.218. The van der Waals surface area contributed by atoms with Gasteiger partial charge >= 0.3 is 11.9 Å². The molecule has 1 amide bonds. The topological polar surface area (TPSA) is 99.6 Å². The molecule has 60 heavy (non-hydrogen) atoms. The van der Waals surface area contributed by atoms with Crippen LogP contribution in [0.3, 0.4) is 0 Å². The molecular formula is C51H83N3O6. The minimum atomic E-state index is -0.804. The van der Waals surface area contributed by atoms with Crippen LogP contribution in [0.25, 0.3) is 0 Å². The third-order valence-electron chi connectivity index (χ3n) is 22.0. The Kier molecular flexibility index (Phi) is 10.8. The van der Waals surface area contributed by atoms with E-state index in [4.69, 9.17) is 9.47 Å². The van der Waals surface area contributed by atoms with Gasteiger partial charge in [0.05, 0.1) is 23.9 Å². The lowest BCUT2D eigenvalue weighted by Crippen LogP contribution is -2.68. The van der Waals surface area contributed by atoms with Crippen molar-refractivity contribution in [3.63, 3.8) is 0 Å². The number of esters is 1. The molecule has 2 aliphatic heterocycles. The van der Waals surface area contributed by atoms with Gasteiger partial charge in [0.15, 0.2) is 0 Å². The highest BCUT2D eigenvalue weighted by Gasteiger charge is 2.74. The molecule has 338 valence electrons. The highest BCUT2D eigenvalue weighted by Crippen LogP contribution is 2.79. The lowest BCUT2D eigenvalue weighted by molar-refractivity contribution is -0.253. The van der Waals surface area contributed by atoms with Gasteiger partial charge in [0, 0.05) is 64.4 Å².